The number of alkyl halides is 2. The molecule has 1 aromatic rings. The Labute approximate surface area is 102 Å². The van der Waals surface area contributed by atoms with Crippen molar-refractivity contribution in [2.75, 3.05) is 0 Å². The lowest BCUT2D eigenvalue weighted by Gasteiger charge is -2.21. The third-order valence-corrected chi connectivity index (χ3v) is 3.13. The molecule has 1 fully saturated rings. The second-order valence-electron chi connectivity index (χ2n) is 4.67. The minimum absolute atomic E-state index is 0.280. The van der Waals surface area contributed by atoms with Crippen LogP contribution in [-0.2, 0) is 4.79 Å². The van der Waals surface area contributed by atoms with Crippen LogP contribution in [0.1, 0.15) is 30.1 Å². The molecule has 1 aliphatic carbocycles. The Kier molecular flexibility index (Phi) is 3.19. The first-order valence-electron chi connectivity index (χ1n) is 5.70. The van der Waals surface area contributed by atoms with E-state index >= 15 is 0 Å². The zero-order valence-corrected chi connectivity index (χ0v) is 9.79. The number of halogens is 3. The Morgan fingerprint density at radius 1 is 1.44 bits per heavy atom. The maximum atomic E-state index is 13.7. The van der Waals surface area contributed by atoms with Crippen LogP contribution in [0.15, 0.2) is 18.2 Å². The van der Waals surface area contributed by atoms with E-state index in [4.69, 9.17) is 0 Å². The van der Waals surface area contributed by atoms with Crippen molar-refractivity contribution in [2.24, 2.45) is 5.92 Å². The summed E-state index contributed by atoms with van der Waals surface area (Å²) in [5.41, 5.74) is 0.0138. The molecule has 0 radical (unpaired) electrons. The van der Waals surface area contributed by atoms with Crippen molar-refractivity contribution < 1.29 is 23.1 Å². The predicted molar refractivity (Wildman–Crippen MR) is 58.8 cm³/mol. The number of benzene rings is 1. The smallest absolute Gasteiger partial charge is 0.334 e. The van der Waals surface area contributed by atoms with E-state index in [-0.39, 0.29) is 5.56 Å². The Morgan fingerprint density at radius 2 is 2.06 bits per heavy atom. The Balaban J connectivity index is 2.26. The zero-order chi connectivity index (χ0) is 13.5. The van der Waals surface area contributed by atoms with Crippen molar-refractivity contribution in [3.05, 3.63) is 35.1 Å². The molecule has 0 amide bonds. The minimum Gasteiger partial charge on any atom is -0.382 e. The molecule has 98 valence electrons. The van der Waals surface area contributed by atoms with Gasteiger partial charge in [-0.25, -0.2) is 4.39 Å². The number of aliphatic hydroxyl groups is 1. The van der Waals surface area contributed by atoms with Crippen LogP contribution >= 0.6 is 0 Å². The monoisotopic (exact) mass is 258 g/mol. The maximum absolute atomic E-state index is 13.7. The largest absolute Gasteiger partial charge is 0.382 e. The summed E-state index contributed by atoms with van der Waals surface area (Å²) in [5, 5.41) is 9.57. The highest BCUT2D eigenvalue weighted by Gasteiger charge is 2.52. The Morgan fingerprint density at radius 3 is 2.56 bits per heavy atom. The molecule has 0 aromatic heterocycles. The van der Waals surface area contributed by atoms with Gasteiger partial charge in [0.2, 0.25) is 5.78 Å². The topological polar surface area (TPSA) is 37.3 Å². The molecule has 1 aliphatic rings. The van der Waals surface area contributed by atoms with Crippen LogP contribution < -0.4 is 0 Å². The van der Waals surface area contributed by atoms with Crippen LogP contribution in [-0.4, -0.2) is 16.8 Å². The van der Waals surface area contributed by atoms with Gasteiger partial charge in [0.1, 0.15) is 5.82 Å². The molecule has 1 saturated carbocycles. The molecule has 0 saturated heterocycles. The van der Waals surface area contributed by atoms with Gasteiger partial charge in [-0.15, -0.1) is 0 Å². The number of carbonyl (C=O) groups excluding carboxylic acids is 1. The molecule has 0 bridgehead atoms. The SMILES string of the molecule is Cc1ccc(C(O)C(F)(F)C(=O)C2CC2)cc1F. The lowest BCUT2D eigenvalue weighted by Crippen LogP contribution is -2.37. The molecule has 1 N–H and O–H groups in total. The van der Waals surface area contributed by atoms with Gasteiger partial charge in [0.15, 0.2) is 6.10 Å². The fourth-order valence-corrected chi connectivity index (χ4v) is 1.74. The summed E-state index contributed by atoms with van der Waals surface area (Å²) in [6.07, 6.45) is -1.42. The normalized spacial score (nSPS) is 17.6. The summed E-state index contributed by atoms with van der Waals surface area (Å²) in [5.74, 6) is -6.45. The summed E-state index contributed by atoms with van der Waals surface area (Å²) in [6.45, 7) is 1.49. The van der Waals surface area contributed by atoms with Crippen molar-refractivity contribution in [3.8, 4) is 0 Å². The minimum atomic E-state index is -3.86. The van der Waals surface area contributed by atoms with Gasteiger partial charge in [0, 0.05) is 5.92 Å². The molecule has 2 rings (SSSR count). The molecular weight excluding hydrogens is 245 g/mol. The van der Waals surface area contributed by atoms with Gasteiger partial charge in [-0.1, -0.05) is 12.1 Å². The molecule has 1 aromatic carbocycles. The van der Waals surface area contributed by atoms with Crippen molar-refractivity contribution in [1.29, 1.82) is 0 Å². The quantitative estimate of drug-likeness (QED) is 0.901. The third kappa shape index (κ3) is 2.27. The molecule has 5 heteroatoms. The van der Waals surface area contributed by atoms with Gasteiger partial charge in [0.25, 0.3) is 0 Å². The standard InChI is InChI=1S/C13H13F3O2/c1-7-2-3-9(6-10(7)14)12(18)13(15,16)11(17)8-4-5-8/h2-3,6,8,12,18H,4-5H2,1H3. The summed E-state index contributed by atoms with van der Waals surface area (Å²) in [7, 11) is 0. The Hall–Kier alpha value is -1.36. The van der Waals surface area contributed by atoms with E-state index in [0.717, 1.165) is 6.07 Å². The molecule has 1 atom stereocenters. The number of ketones is 1. The van der Waals surface area contributed by atoms with Gasteiger partial charge < -0.3 is 5.11 Å². The molecule has 18 heavy (non-hydrogen) atoms. The van der Waals surface area contributed by atoms with Crippen LogP contribution in [0, 0.1) is 18.7 Å². The van der Waals surface area contributed by atoms with E-state index in [0.29, 0.717) is 18.4 Å². The number of hydrogen-bond donors (Lipinski definition) is 1. The van der Waals surface area contributed by atoms with E-state index in [2.05, 4.69) is 0 Å². The molecular formula is C13H13F3O2. The van der Waals surface area contributed by atoms with Crippen molar-refractivity contribution in [3.63, 3.8) is 0 Å². The average Bonchev–Trinajstić information content (AvgIpc) is 3.14. The zero-order valence-electron chi connectivity index (χ0n) is 9.79. The van der Waals surface area contributed by atoms with Gasteiger partial charge in [-0.05, 0) is 37.0 Å². The second kappa shape index (κ2) is 4.39. The first kappa shape index (κ1) is 13.1. The highest BCUT2D eigenvalue weighted by molar-refractivity contribution is 5.90. The Bertz CT molecular complexity index is 481. The maximum Gasteiger partial charge on any atom is 0.334 e. The number of Topliss-reactive ketones (excluding diaryl/α,β-unsaturated/α-hetero) is 1. The average molecular weight is 258 g/mol. The highest BCUT2D eigenvalue weighted by Crippen LogP contribution is 2.41. The molecule has 0 spiro atoms. The van der Waals surface area contributed by atoms with E-state index in [1.807, 2.05) is 0 Å². The van der Waals surface area contributed by atoms with E-state index in [1.165, 1.54) is 19.1 Å². The van der Waals surface area contributed by atoms with Crippen molar-refractivity contribution >= 4 is 5.78 Å². The number of rotatable bonds is 4. The lowest BCUT2D eigenvalue weighted by atomic mass is 9.97. The molecule has 0 heterocycles. The van der Waals surface area contributed by atoms with Crippen LogP contribution in [0.25, 0.3) is 0 Å². The van der Waals surface area contributed by atoms with Crippen molar-refractivity contribution in [1.82, 2.24) is 0 Å². The van der Waals surface area contributed by atoms with E-state index in [1.54, 1.807) is 0 Å². The number of carbonyl (C=O) groups is 1. The summed E-state index contributed by atoms with van der Waals surface area (Å²) in [4.78, 5) is 11.4. The fraction of sp³-hybridized carbons (Fsp3) is 0.462. The van der Waals surface area contributed by atoms with Crippen LogP contribution in [0.3, 0.4) is 0 Å². The molecule has 1 unspecified atom stereocenters. The summed E-state index contributed by atoms with van der Waals surface area (Å²) >= 11 is 0. The van der Waals surface area contributed by atoms with Crippen LogP contribution in [0.4, 0.5) is 13.2 Å². The van der Waals surface area contributed by atoms with Gasteiger partial charge >= 0.3 is 5.92 Å². The summed E-state index contributed by atoms with van der Waals surface area (Å²) < 4.78 is 40.7. The third-order valence-electron chi connectivity index (χ3n) is 3.13. The van der Waals surface area contributed by atoms with Crippen LogP contribution in [0.2, 0.25) is 0 Å². The summed E-state index contributed by atoms with van der Waals surface area (Å²) in [6, 6.07) is 3.34. The highest BCUT2D eigenvalue weighted by atomic mass is 19.3. The first-order valence-corrected chi connectivity index (χ1v) is 5.70. The number of aliphatic hydroxyl groups excluding tert-OH is 1. The van der Waals surface area contributed by atoms with Crippen LogP contribution in [0.5, 0.6) is 0 Å². The van der Waals surface area contributed by atoms with Gasteiger partial charge in [-0.2, -0.15) is 8.78 Å². The van der Waals surface area contributed by atoms with E-state index < -0.39 is 29.5 Å². The predicted octanol–water partition coefficient (Wildman–Crippen LogP) is 2.78. The number of aryl methyl sites for hydroxylation is 1. The van der Waals surface area contributed by atoms with Gasteiger partial charge in [0.05, 0.1) is 0 Å². The van der Waals surface area contributed by atoms with Gasteiger partial charge in [-0.3, -0.25) is 4.79 Å². The number of hydrogen-bond acceptors (Lipinski definition) is 2. The second-order valence-corrected chi connectivity index (χ2v) is 4.67. The molecule has 2 nitrogen and oxygen atoms in total. The first-order chi connectivity index (χ1) is 8.34. The fourth-order valence-electron chi connectivity index (χ4n) is 1.74. The van der Waals surface area contributed by atoms with Crippen molar-refractivity contribution in [2.45, 2.75) is 31.8 Å². The van der Waals surface area contributed by atoms with E-state index in [9.17, 15) is 23.1 Å². The molecule has 0 aliphatic heterocycles. The lowest BCUT2D eigenvalue weighted by molar-refractivity contribution is -0.163.